The SMILES string of the molecule is Cc1cc(CN2CCC3(CC2)OCC[C@H]3CCOCC(=O)N(C)C)no1. The van der Waals surface area contributed by atoms with Crippen LogP contribution in [0.15, 0.2) is 10.6 Å². The lowest BCUT2D eigenvalue weighted by molar-refractivity contribution is -0.133. The largest absolute Gasteiger partial charge is 0.375 e. The van der Waals surface area contributed by atoms with Crippen LogP contribution in [-0.4, -0.2) is 73.5 Å². The van der Waals surface area contributed by atoms with E-state index in [0.717, 1.165) is 63.4 Å². The predicted octanol–water partition coefficient (Wildman–Crippen LogP) is 1.85. The molecular formula is C19H31N3O4. The first-order valence-electron chi connectivity index (χ1n) is 9.55. The first-order chi connectivity index (χ1) is 12.5. The van der Waals surface area contributed by atoms with Crippen LogP contribution in [0.1, 0.15) is 37.1 Å². The fraction of sp³-hybridized carbons (Fsp3) is 0.789. The molecule has 2 saturated heterocycles. The summed E-state index contributed by atoms with van der Waals surface area (Å²) in [6, 6.07) is 2.01. The molecule has 0 unspecified atom stereocenters. The van der Waals surface area contributed by atoms with E-state index in [2.05, 4.69) is 10.1 Å². The van der Waals surface area contributed by atoms with E-state index in [1.165, 1.54) is 0 Å². The fourth-order valence-corrected chi connectivity index (χ4v) is 4.07. The molecule has 0 N–H and O–H groups in total. The molecule has 0 radical (unpaired) electrons. The van der Waals surface area contributed by atoms with E-state index in [-0.39, 0.29) is 18.1 Å². The molecule has 0 bridgehead atoms. The second-order valence-electron chi connectivity index (χ2n) is 7.73. The molecule has 2 aliphatic rings. The van der Waals surface area contributed by atoms with Gasteiger partial charge in [-0.25, -0.2) is 0 Å². The van der Waals surface area contributed by atoms with Crippen molar-refractivity contribution >= 4 is 5.91 Å². The number of aromatic nitrogens is 1. The van der Waals surface area contributed by atoms with Gasteiger partial charge in [0.2, 0.25) is 5.91 Å². The lowest BCUT2D eigenvalue weighted by Gasteiger charge is -2.42. The van der Waals surface area contributed by atoms with Gasteiger partial charge < -0.3 is 18.9 Å². The van der Waals surface area contributed by atoms with Gasteiger partial charge in [-0.2, -0.15) is 0 Å². The lowest BCUT2D eigenvalue weighted by atomic mass is 9.78. The zero-order valence-corrected chi connectivity index (χ0v) is 16.2. The van der Waals surface area contributed by atoms with Crippen LogP contribution < -0.4 is 0 Å². The van der Waals surface area contributed by atoms with Crippen LogP contribution in [-0.2, 0) is 20.8 Å². The van der Waals surface area contributed by atoms with E-state index in [9.17, 15) is 4.79 Å². The number of ether oxygens (including phenoxy) is 2. The molecule has 26 heavy (non-hydrogen) atoms. The molecule has 1 spiro atoms. The van der Waals surface area contributed by atoms with Crippen LogP contribution in [0.3, 0.4) is 0 Å². The van der Waals surface area contributed by atoms with Crippen molar-refractivity contribution in [3.63, 3.8) is 0 Å². The molecule has 1 amide bonds. The summed E-state index contributed by atoms with van der Waals surface area (Å²) in [4.78, 5) is 15.6. The second-order valence-corrected chi connectivity index (χ2v) is 7.73. The Kier molecular flexibility index (Phi) is 6.32. The third kappa shape index (κ3) is 4.64. The van der Waals surface area contributed by atoms with Crippen LogP contribution in [0, 0.1) is 12.8 Å². The molecule has 7 nitrogen and oxygen atoms in total. The predicted molar refractivity (Wildman–Crippen MR) is 96.7 cm³/mol. The number of carbonyl (C=O) groups is 1. The average Bonchev–Trinajstić information content (AvgIpc) is 3.20. The zero-order chi connectivity index (χ0) is 18.6. The summed E-state index contributed by atoms with van der Waals surface area (Å²) in [6.07, 6.45) is 4.15. The number of nitrogens with zero attached hydrogens (tertiary/aromatic N) is 3. The van der Waals surface area contributed by atoms with Gasteiger partial charge >= 0.3 is 0 Å². The molecule has 3 rings (SSSR count). The maximum absolute atomic E-state index is 11.6. The van der Waals surface area contributed by atoms with Crippen molar-refractivity contribution in [2.45, 2.75) is 44.8 Å². The Labute approximate surface area is 155 Å². The van der Waals surface area contributed by atoms with Crippen molar-refractivity contribution in [2.75, 3.05) is 47.0 Å². The molecule has 0 aliphatic carbocycles. The van der Waals surface area contributed by atoms with Gasteiger partial charge in [0.1, 0.15) is 12.4 Å². The van der Waals surface area contributed by atoms with Crippen LogP contribution in [0.2, 0.25) is 0 Å². The number of piperidine rings is 1. The van der Waals surface area contributed by atoms with Crippen molar-refractivity contribution < 1.29 is 18.8 Å². The number of likely N-dealkylation sites (N-methyl/N-ethyl adjacent to an activating group) is 1. The molecule has 2 aliphatic heterocycles. The van der Waals surface area contributed by atoms with Gasteiger partial charge in [0.05, 0.1) is 11.3 Å². The minimum atomic E-state index is -0.00877. The van der Waals surface area contributed by atoms with Crippen molar-refractivity contribution in [1.82, 2.24) is 15.0 Å². The van der Waals surface area contributed by atoms with Crippen molar-refractivity contribution in [3.8, 4) is 0 Å². The van der Waals surface area contributed by atoms with Gasteiger partial charge in [-0.1, -0.05) is 5.16 Å². The number of rotatable bonds is 7. The second kappa shape index (κ2) is 8.50. The third-order valence-electron chi connectivity index (χ3n) is 5.70. The number of aryl methyl sites for hydroxylation is 1. The van der Waals surface area contributed by atoms with E-state index in [1.54, 1.807) is 19.0 Å². The van der Waals surface area contributed by atoms with Crippen LogP contribution >= 0.6 is 0 Å². The maximum atomic E-state index is 11.6. The highest BCUT2D eigenvalue weighted by molar-refractivity contribution is 5.76. The molecule has 0 saturated carbocycles. The highest BCUT2D eigenvalue weighted by Crippen LogP contribution is 2.42. The minimum Gasteiger partial charge on any atom is -0.375 e. The third-order valence-corrected chi connectivity index (χ3v) is 5.70. The first-order valence-corrected chi connectivity index (χ1v) is 9.55. The molecule has 7 heteroatoms. The van der Waals surface area contributed by atoms with E-state index in [1.807, 2.05) is 13.0 Å². The molecule has 146 valence electrons. The highest BCUT2D eigenvalue weighted by atomic mass is 16.5. The van der Waals surface area contributed by atoms with E-state index >= 15 is 0 Å². The van der Waals surface area contributed by atoms with Crippen molar-refractivity contribution in [2.24, 2.45) is 5.92 Å². The number of hydrogen-bond donors (Lipinski definition) is 0. The number of hydrogen-bond acceptors (Lipinski definition) is 6. The lowest BCUT2D eigenvalue weighted by Crippen LogP contribution is -2.47. The van der Waals surface area contributed by atoms with E-state index < -0.39 is 0 Å². The highest BCUT2D eigenvalue weighted by Gasteiger charge is 2.45. The standard InChI is InChI=1S/C19H31N3O4/c1-15-12-17(20-26-15)13-22-8-6-19(7-9-22)16(5-11-25-19)4-10-24-14-18(23)21(2)3/h12,16H,4-11,13-14H2,1-3H3/t16-/m1/s1. The topological polar surface area (TPSA) is 68.0 Å². The molecular weight excluding hydrogens is 334 g/mol. The summed E-state index contributed by atoms with van der Waals surface area (Å²) in [7, 11) is 3.50. The molecule has 2 fully saturated rings. The van der Waals surface area contributed by atoms with Gasteiger partial charge in [0, 0.05) is 53.0 Å². The molecule has 1 aromatic heterocycles. The Bertz CT molecular complexity index is 593. The molecule has 1 aromatic rings. The Morgan fingerprint density at radius 1 is 1.42 bits per heavy atom. The normalized spacial score (nSPS) is 22.8. The molecule has 0 aromatic carbocycles. The summed E-state index contributed by atoms with van der Waals surface area (Å²) in [5.41, 5.74) is 0.992. The van der Waals surface area contributed by atoms with Crippen LogP contribution in [0.5, 0.6) is 0 Å². The van der Waals surface area contributed by atoms with Gasteiger partial charge in [-0.15, -0.1) is 0 Å². The number of amides is 1. The van der Waals surface area contributed by atoms with E-state index in [4.69, 9.17) is 14.0 Å². The summed E-state index contributed by atoms with van der Waals surface area (Å²) < 4.78 is 17.0. The number of likely N-dealkylation sites (tertiary alicyclic amines) is 1. The minimum absolute atomic E-state index is 0.00877. The fourth-order valence-electron chi connectivity index (χ4n) is 4.07. The number of carbonyl (C=O) groups excluding carboxylic acids is 1. The van der Waals surface area contributed by atoms with Crippen molar-refractivity contribution in [3.05, 3.63) is 17.5 Å². The summed E-state index contributed by atoms with van der Waals surface area (Å²) in [5, 5.41) is 4.09. The molecule has 1 atom stereocenters. The van der Waals surface area contributed by atoms with Crippen LogP contribution in [0.25, 0.3) is 0 Å². The van der Waals surface area contributed by atoms with Gasteiger partial charge in [0.25, 0.3) is 0 Å². The van der Waals surface area contributed by atoms with Crippen LogP contribution in [0.4, 0.5) is 0 Å². The van der Waals surface area contributed by atoms with Gasteiger partial charge in [-0.05, 0) is 38.5 Å². The van der Waals surface area contributed by atoms with E-state index in [0.29, 0.717) is 12.5 Å². The van der Waals surface area contributed by atoms with Crippen molar-refractivity contribution in [1.29, 1.82) is 0 Å². The monoisotopic (exact) mass is 365 g/mol. The van der Waals surface area contributed by atoms with Gasteiger partial charge in [-0.3, -0.25) is 9.69 Å². The summed E-state index contributed by atoms with van der Waals surface area (Å²) in [5.74, 6) is 1.40. The smallest absolute Gasteiger partial charge is 0.248 e. The van der Waals surface area contributed by atoms with Gasteiger partial charge in [0.15, 0.2) is 0 Å². The maximum Gasteiger partial charge on any atom is 0.248 e. The summed E-state index contributed by atoms with van der Waals surface area (Å²) in [6.45, 7) is 6.42. The zero-order valence-electron chi connectivity index (χ0n) is 16.2. The Morgan fingerprint density at radius 3 is 2.85 bits per heavy atom. The Morgan fingerprint density at radius 2 is 2.19 bits per heavy atom. The first kappa shape index (κ1) is 19.3. The summed E-state index contributed by atoms with van der Waals surface area (Å²) >= 11 is 0. The Balaban J connectivity index is 1.43. The molecule has 3 heterocycles. The average molecular weight is 365 g/mol. The quantitative estimate of drug-likeness (QED) is 0.687. The Hall–Kier alpha value is -1.44.